The van der Waals surface area contributed by atoms with E-state index in [2.05, 4.69) is 43.8 Å². The van der Waals surface area contributed by atoms with Crippen LogP contribution in [0.5, 0.6) is 0 Å². The normalized spacial score (nSPS) is 14.4. The summed E-state index contributed by atoms with van der Waals surface area (Å²) in [5, 5.41) is 0. The molecule has 0 radical (unpaired) electrons. The number of aromatic nitrogens is 1. The Balaban J connectivity index is 2.52. The fourth-order valence-electron chi connectivity index (χ4n) is 1.33. The predicted molar refractivity (Wildman–Crippen MR) is 61.1 cm³/mol. The minimum atomic E-state index is 0.144. The number of hydrogen-bond donors (Lipinski definition) is 1. The van der Waals surface area contributed by atoms with Gasteiger partial charge in [-0.15, -0.1) is 0 Å². The molecule has 0 spiro atoms. The van der Waals surface area contributed by atoms with E-state index in [4.69, 9.17) is 5.73 Å². The number of nitrogens with two attached hydrogens (primary N) is 1. The van der Waals surface area contributed by atoms with Crippen molar-refractivity contribution in [1.82, 2.24) is 4.57 Å². The third-order valence-corrected chi connectivity index (χ3v) is 2.42. The number of nitrogens with zero attached hydrogens (tertiary/aromatic N) is 1. The molecule has 14 heavy (non-hydrogen) atoms. The first-order valence-corrected chi connectivity index (χ1v) is 5.30. The summed E-state index contributed by atoms with van der Waals surface area (Å²) in [6.07, 6.45) is 5.46. The second-order valence-corrected chi connectivity index (χ2v) is 5.28. The molecule has 1 rings (SSSR count). The quantitative estimate of drug-likeness (QED) is 0.788. The lowest BCUT2D eigenvalue weighted by Crippen LogP contribution is -2.09. The molecule has 0 aliphatic carbocycles. The van der Waals surface area contributed by atoms with Gasteiger partial charge >= 0.3 is 0 Å². The molecule has 0 fully saturated rings. The zero-order chi connectivity index (χ0) is 10.8. The molecule has 2 heteroatoms. The molecule has 0 amide bonds. The maximum Gasteiger partial charge on any atom is 0.0281 e. The van der Waals surface area contributed by atoms with Crippen LogP contribution in [0.15, 0.2) is 18.5 Å². The Kier molecular flexibility index (Phi) is 3.38. The predicted octanol–water partition coefficient (Wildman–Crippen LogP) is 2.94. The van der Waals surface area contributed by atoms with Crippen molar-refractivity contribution in [3.05, 3.63) is 24.0 Å². The zero-order valence-corrected chi connectivity index (χ0v) is 9.75. The fraction of sp³-hybridized carbons (Fsp3) is 0.667. The third-order valence-electron chi connectivity index (χ3n) is 2.42. The van der Waals surface area contributed by atoms with Crippen molar-refractivity contribution in [2.75, 3.05) is 0 Å². The van der Waals surface area contributed by atoms with Crippen molar-refractivity contribution in [2.45, 2.75) is 46.7 Å². The molecular weight excluding hydrogens is 172 g/mol. The Hall–Kier alpha value is -0.760. The van der Waals surface area contributed by atoms with Crippen LogP contribution in [-0.4, -0.2) is 4.57 Å². The minimum absolute atomic E-state index is 0.144. The maximum atomic E-state index is 5.80. The number of rotatable bonds is 3. The van der Waals surface area contributed by atoms with Gasteiger partial charge in [0, 0.05) is 25.0 Å². The third kappa shape index (κ3) is 3.54. The highest BCUT2D eigenvalue weighted by atomic mass is 14.9. The van der Waals surface area contributed by atoms with E-state index in [1.807, 2.05) is 6.92 Å². The first-order chi connectivity index (χ1) is 6.38. The van der Waals surface area contributed by atoms with E-state index in [1.165, 1.54) is 12.0 Å². The molecule has 0 bridgehead atoms. The molecule has 2 N–H and O–H groups in total. The van der Waals surface area contributed by atoms with Crippen molar-refractivity contribution in [3.8, 4) is 0 Å². The smallest absolute Gasteiger partial charge is 0.0281 e. The summed E-state index contributed by atoms with van der Waals surface area (Å²) in [5.41, 5.74) is 7.42. The Morgan fingerprint density at radius 2 is 2.07 bits per heavy atom. The molecule has 80 valence electrons. The second kappa shape index (κ2) is 4.18. The highest BCUT2D eigenvalue weighted by Crippen LogP contribution is 2.20. The van der Waals surface area contributed by atoms with E-state index in [1.54, 1.807) is 0 Å². The lowest BCUT2D eigenvalue weighted by molar-refractivity contribution is 0.350. The van der Waals surface area contributed by atoms with Gasteiger partial charge in [-0.3, -0.25) is 0 Å². The Bertz CT molecular complexity index is 279. The molecule has 1 atom stereocenters. The summed E-state index contributed by atoms with van der Waals surface area (Å²) in [6, 6.07) is 2.25. The van der Waals surface area contributed by atoms with Crippen molar-refractivity contribution in [2.24, 2.45) is 11.1 Å². The summed E-state index contributed by atoms with van der Waals surface area (Å²) in [4.78, 5) is 0. The largest absolute Gasteiger partial charge is 0.354 e. The zero-order valence-electron chi connectivity index (χ0n) is 9.75. The number of hydrogen-bond acceptors (Lipinski definition) is 1. The lowest BCUT2D eigenvalue weighted by Gasteiger charge is -2.18. The van der Waals surface area contributed by atoms with Crippen LogP contribution in [0.1, 0.15) is 45.7 Å². The summed E-state index contributed by atoms with van der Waals surface area (Å²) in [6.45, 7) is 9.90. The molecule has 0 aromatic carbocycles. The van der Waals surface area contributed by atoms with Crippen LogP contribution >= 0.6 is 0 Å². The second-order valence-electron chi connectivity index (χ2n) is 5.28. The van der Waals surface area contributed by atoms with Gasteiger partial charge in [0.2, 0.25) is 0 Å². The van der Waals surface area contributed by atoms with Crippen LogP contribution in [0.4, 0.5) is 0 Å². The van der Waals surface area contributed by atoms with Gasteiger partial charge in [-0.2, -0.15) is 0 Å². The van der Waals surface area contributed by atoms with Gasteiger partial charge in [0.25, 0.3) is 0 Å². The van der Waals surface area contributed by atoms with Crippen LogP contribution in [-0.2, 0) is 6.54 Å². The molecule has 0 aliphatic heterocycles. The minimum Gasteiger partial charge on any atom is -0.354 e. The summed E-state index contributed by atoms with van der Waals surface area (Å²) >= 11 is 0. The van der Waals surface area contributed by atoms with Crippen molar-refractivity contribution < 1.29 is 0 Å². The van der Waals surface area contributed by atoms with Crippen molar-refractivity contribution in [1.29, 1.82) is 0 Å². The van der Waals surface area contributed by atoms with E-state index < -0.39 is 0 Å². The van der Waals surface area contributed by atoms with Crippen LogP contribution in [0, 0.1) is 5.41 Å². The molecule has 1 unspecified atom stereocenters. The van der Waals surface area contributed by atoms with Gasteiger partial charge < -0.3 is 10.3 Å². The van der Waals surface area contributed by atoms with Crippen LogP contribution in [0.25, 0.3) is 0 Å². The van der Waals surface area contributed by atoms with E-state index in [9.17, 15) is 0 Å². The van der Waals surface area contributed by atoms with Gasteiger partial charge in [-0.1, -0.05) is 20.8 Å². The van der Waals surface area contributed by atoms with Crippen LogP contribution in [0.3, 0.4) is 0 Å². The lowest BCUT2D eigenvalue weighted by atomic mass is 9.92. The van der Waals surface area contributed by atoms with Crippen LogP contribution in [0.2, 0.25) is 0 Å². The van der Waals surface area contributed by atoms with Gasteiger partial charge in [0.05, 0.1) is 0 Å². The summed E-state index contributed by atoms with van der Waals surface area (Å²) in [7, 11) is 0. The topological polar surface area (TPSA) is 30.9 Å². The first-order valence-electron chi connectivity index (χ1n) is 5.30. The molecule has 2 nitrogen and oxygen atoms in total. The molecule has 0 saturated carbocycles. The fourth-order valence-corrected chi connectivity index (χ4v) is 1.33. The maximum absolute atomic E-state index is 5.80. The molecule has 0 aliphatic rings. The Morgan fingerprint density at radius 1 is 1.43 bits per heavy atom. The molecule has 1 aromatic heterocycles. The van der Waals surface area contributed by atoms with Crippen LogP contribution < -0.4 is 5.73 Å². The number of aryl methyl sites for hydroxylation is 1. The van der Waals surface area contributed by atoms with Gasteiger partial charge in [-0.05, 0) is 30.4 Å². The van der Waals surface area contributed by atoms with Crippen molar-refractivity contribution in [3.63, 3.8) is 0 Å². The highest BCUT2D eigenvalue weighted by molar-refractivity contribution is 5.13. The Labute approximate surface area is 87.1 Å². The molecule has 1 aromatic rings. The highest BCUT2D eigenvalue weighted by Gasteiger charge is 2.10. The summed E-state index contributed by atoms with van der Waals surface area (Å²) in [5.74, 6) is 0. The van der Waals surface area contributed by atoms with Gasteiger partial charge in [0.15, 0.2) is 0 Å². The monoisotopic (exact) mass is 194 g/mol. The van der Waals surface area contributed by atoms with E-state index >= 15 is 0 Å². The standard InChI is InChI=1S/C12H22N2/c1-10(13)11-5-7-14(9-11)8-6-12(2,3)4/h5,7,9-10H,6,8,13H2,1-4H3. The molecular formula is C12H22N2. The summed E-state index contributed by atoms with van der Waals surface area (Å²) < 4.78 is 2.23. The van der Waals surface area contributed by atoms with Crippen molar-refractivity contribution >= 4 is 0 Å². The van der Waals surface area contributed by atoms with E-state index in [0.29, 0.717) is 5.41 Å². The van der Waals surface area contributed by atoms with Gasteiger partial charge in [-0.25, -0.2) is 0 Å². The molecule has 0 saturated heterocycles. The average Bonchev–Trinajstić information content (AvgIpc) is 2.47. The average molecular weight is 194 g/mol. The van der Waals surface area contributed by atoms with Gasteiger partial charge in [0.1, 0.15) is 0 Å². The Morgan fingerprint density at radius 3 is 2.50 bits per heavy atom. The van der Waals surface area contributed by atoms with E-state index in [-0.39, 0.29) is 6.04 Å². The SMILES string of the molecule is CC(N)c1ccn(CCC(C)(C)C)c1. The van der Waals surface area contributed by atoms with E-state index in [0.717, 1.165) is 6.54 Å². The molecule has 1 heterocycles. The first kappa shape index (κ1) is 11.3.